The quantitative estimate of drug-likeness (QED) is 0.448. The van der Waals surface area contributed by atoms with Crippen molar-refractivity contribution >= 4 is 46.9 Å². The molecule has 3 aromatic rings. The van der Waals surface area contributed by atoms with Gasteiger partial charge in [0.1, 0.15) is 5.84 Å². The van der Waals surface area contributed by atoms with E-state index in [0.29, 0.717) is 29.3 Å². The zero-order valence-electron chi connectivity index (χ0n) is 20.8. The van der Waals surface area contributed by atoms with Crippen LogP contribution in [0.15, 0.2) is 81.3 Å². The topological polar surface area (TPSA) is 111 Å². The lowest BCUT2D eigenvalue weighted by Gasteiger charge is -2.32. The first-order valence-corrected chi connectivity index (χ1v) is 12.9. The summed E-state index contributed by atoms with van der Waals surface area (Å²) in [6.45, 7) is 6.32. The Morgan fingerprint density at radius 2 is 1.68 bits per heavy atom. The molecular formula is C26H29N9OS. The Morgan fingerprint density at radius 3 is 2.43 bits per heavy atom. The summed E-state index contributed by atoms with van der Waals surface area (Å²) in [4.78, 5) is 36.4. The van der Waals surface area contributed by atoms with Gasteiger partial charge in [-0.1, -0.05) is 24.3 Å². The molecule has 1 aromatic heterocycles. The van der Waals surface area contributed by atoms with E-state index in [-0.39, 0.29) is 6.03 Å². The third-order valence-electron chi connectivity index (χ3n) is 5.84. The van der Waals surface area contributed by atoms with E-state index in [0.717, 1.165) is 42.6 Å². The largest absolute Gasteiger partial charge is 0.338 e. The molecule has 11 heteroatoms. The van der Waals surface area contributed by atoms with Crippen LogP contribution in [-0.2, 0) is 0 Å². The van der Waals surface area contributed by atoms with Crippen molar-refractivity contribution in [3.63, 3.8) is 0 Å². The predicted octanol–water partition coefficient (Wildman–Crippen LogP) is 4.19. The van der Waals surface area contributed by atoms with Crippen molar-refractivity contribution in [3.05, 3.63) is 66.2 Å². The molecule has 0 aliphatic carbocycles. The Balaban J connectivity index is 1.33. The van der Waals surface area contributed by atoms with Crippen LogP contribution in [0.5, 0.6) is 0 Å². The second-order valence-corrected chi connectivity index (χ2v) is 9.96. The number of aliphatic imine (C=N–C) groups is 1. The van der Waals surface area contributed by atoms with Crippen molar-refractivity contribution < 1.29 is 4.79 Å². The molecule has 10 nitrogen and oxygen atoms in total. The van der Waals surface area contributed by atoms with Gasteiger partial charge >= 0.3 is 6.03 Å². The third kappa shape index (κ3) is 6.83. The molecule has 3 heterocycles. The van der Waals surface area contributed by atoms with E-state index < -0.39 is 0 Å². The number of benzene rings is 2. The van der Waals surface area contributed by atoms with Crippen LogP contribution < -0.4 is 20.9 Å². The summed E-state index contributed by atoms with van der Waals surface area (Å²) in [6, 6.07) is 16.6. The van der Waals surface area contributed by atoms with E-state index in [9.17, 15) is 4.79 Å². The molecule has 1 fully saturated rings. The minimum absolute atomic E-state index is 0.307. The number of piperazine rings is 1. The van der Waals surface area contributed by atoms with Gasteiger partial charge in [-0.05, 0) is 67.7 Å². The van der Waals surface area contributed by atoms with Crippen LogP contribution in [0.1, 0.15) is 6.92 Å². The summed E-state index contributed by atoms with van der Waals surface area (Å²) < 4.78 is 0. The molecule has 0 unspecified atom stereocenters. The van der Waals surface area contributed by atoms with E-state index >= 15 is 0 Å². The van der Waals surface area contributed by atoms with Gasteiger partial charge in [-0.25, -0.2) is 4.79 Å². The maximum absolute atomic E-state index is 12.4. The lowest BCUT2D eigenvalue weighted by atomic mass is 10.3. The molecule has 0 saturated carbocycles. The van der Waals surface area contributed by atoms with Crippen molar-refractivity contribution in [3.8, 4) is 0 Å². The molecule has 2 aliphatic heterocycles. The maximum atomic E-state index is 12.4. The SMILES string of the molecule is CC1=CC(Nc2nc(Sc3cccc(NC(=O)Nc4ccccc4)c3)nc(N3CCN(C)CC3)n2)=NC1. The van der Waals surface area contributed by atoms with Gasteiger partial charge in [0.2, 0.25) is 11.9 Å². The van der Waals surface area contributed by atoms with Gasteiger partial charge < -0.3 is 25.8 Å². The Kier molecular flexibility index (Phi) is 7.62. The molecule has 5 rings (SSSR count). The zero-order valence-corrected chi connectivity index (χ0v) is 21.6. The van der Waals surface area contributed by atoms with Gasteiger partial charge in [0.05, 0.1) is 6.54 Å². The third-order valence-corrected chi connectivity index (χ3v) is 6.70. The Labute approximate surface area is 220 Å². The molecule has 0 bridgehead atoms. The molecule has 0 radical (unpaired) electrons. The number of urea groups is 1. The number of nitrogens with zero attached hydrogens (tertiary/aromatic N) is 6. The van der Waals surface area contributed by atoms with E-state index in [4.69, 9.17) is 9.97 Å². The van der Waals surface area contributed by atoms with Crippen LogP contribution >= 0.6 is 11.8 Å². The lowest BCUT2D eigenvalue weighted by molar-refractivity contribution is 0.262. The average molecular weight is 516 g/mol. The highest BCUT2D eigenvalue weighted by atomic mass is 32.2. The van der Waals surface area contributed by atoms with Gasteiger partial charge in [0, 0.05) is 42.4 Å². The Morgan fingerprint density at radius 1 is 0.919 bits per heavy atom. The number of likely N-dealkylation sites (N-methyl/N-ethyl adjacent to an activating group) is 1. The standard InChI is InChI=1S/C26H29N9OS/c1-18-15-22(27-17-18)30-23-31-24(35-13-11-34(2)12-14-35)33-26(32-23)37-21-10-6-9-20(16-21)29-25(36)28-19-7-4-3-5-8-19/h3-10,15-16H,11-14,17H2,1-2H3,(H2,28,29,36)(H,27,30,31,32,33). The van der Waals surface area contributed by atoms with Gasteiger partial charge in [0.25, 0.3) is 0 Å². The number of para-hydroxylation sites is 1. The maximum Gasteiger partial charge on any atom is 0.323 e. The smallest absolute Gasteiger partial charge is 0.323 e. The second kappa shape index (κ2) is 11.4. The predicted molar refractivity (Wildman–Crippen MR) is 149 cm³/mol. The first kappa shape index (κ1) is 24.7. The highest BCUT2D eigenvalue weighted by Crippen LogP contribution is 2.29. The number of nitrogens with one attached hydrogen (secondary N) is 3. The highest BCUT2D eigenvalue weighted by Gasteiger charge is 2.20. The highest BCUT2D eigenvalue weighted by molar-refractivity contribution is 7.99. The van der Waals surface area contributed by atoms with E-state index in [1.54, 1.807) is 0 Å². The molecule has 3 N–H and O–H groups in total. The van der Waals surface area contributed by atoms with Crippen molar-refractivity contribution in [2.45, 2.75) is 17.0 Å². The Bertz CT molecular complexity index is 1320. The zero-order chi connectivity index (χ0) is 25.6. The number of carbonyl (C=O) groups excluding carboxylic acids is 1. The van der Waals surface area contributed by atoms with E-state index in [1.807, 2.05) is 67.6 Å². The molecule has 2 aromatic carbocycles. The summed E-state index contributed by atoms with van der Waals surface area (Å²) in [5.74, 6) is 1.86. The molecule has 2 aliphatic rings. The minimum atomic E-state index is -0.307. The van der Waals surface area contributed by atoms with Crippen molar-refractivity contribution in [2.75, 3.05) is 60.6 Å². The van der Waals surface area contributed by atoms with Crippen LogP contribution in [0.3, 0.4) is 0 Å². The van der Waals surface area contributed by atoms with Gasteiger partial charge in [-0.15, -0.1) is 0 Å². The number of amides is 2. The first-order valence-electron chi connectivity index (χ1n) is 12.1. The molecule has 2 amide bonds. The molecule has 0 spiro atoms. The van der Waals surface area contributed by atoms with Crippen LogP contribution in [-0.4, -0.2) is 71.5 Å². The normalized spacial score (nSPS) is 15.7. The number of rotatable bonds is 6. The first-order chi connectivity index (χ1) is 18.0. The summed E-state index contributed by atoms with van der Waals surface area (Å²) in [7, 11) is 2.12. The number of anilines is 4. The van der Waals surface area contributed by atoms with Crippen LogP contribution in [0.2, 0.25) is 0 Å². The van der Waals surface area contributed by atoms with Gasteiger partial charge in [0.15, 0.2) is 5.16 Å². The summed E-state index contributed by atoms with van der Waals surface area (Å²) in [5.41, 5.74) is 2.58. The fourth-order valence-electron chi connectivity index (χ4n) is 3.88. The van der Waals surface area contributed by atoms with Crippen molar-refractivity contribution in [2.24, 2.45) is 4.99 Å². The fourth-order valence-corrected chi connectivity index (χ4v) is 4.68. The van der Waals surface area contributed by atoms with Crippen LogP contribution in [0, 0.1) is 0 Å². The molecule has 1 saturated heterocycles. The monoisotopic (exact) mass is 515 g/mol. The molecular weight excluding hydrogens is 486 g/mol. The molecule has 0 atom stereocenters. The summed E-state index contributed by atoms with van der Waals surface area (Å²) in [6.07, 6.45) is 2.00. The summed E-state index contributed by atoms with van der Waals surface area (Å²) >= 11 is 1.42. The van der Waals surface area contributed by atoms with Gasteiger partial charge in [-0.2, -0.15) is 15.0 Å². The fraction of sp³-hybridized carbons (Fsp3) is 0.269. The number of carbonyl (C=O) groups is 1. The van der Waals surface area contributed by atoms with E-state index in [2.05, 4.69) is 42.8 Å². The van der Waals surface area contributed by atoms with Crippen molar-refractivity contribution in [1.29, 1.82) is 0 Å². The number of hydrogen-bond acceptors (Lipinski definition) is 9. The summed E-state index contributed by atoms with van der Waals surface area (Å²) in [5, 5.41) is 9.52. The number of aromatic nitrogens is 3. The molecule has 37 heavy (non-hydrogen) atoms. The van der Waals surface area contributed by atoms with Gasteiger partial charge in [-0.3, -0.25) is 4.99 Å². The lowest BCUT2D eigenvalue weighted by Crippen LogP contribution is -2.45. The van der Waals surface area contributed by atoms with E-state index in [1.165, 1.54) is 17.3 Å². The molecule has 190 valence electrons. The van der Waals surface area contributed by atoms with Crippen molar-refractivity contribution in [1.82, 2.24) is 19.9 Å². The van der Waals surface area contributed by atoms with Crippen LogP contribution in [0.4, 0.5) is 28.1 Å². The van der Waals surface area contributed by atoms with Crippen LogP contribution in [0.25, 0.3) is 0 Å². The second-order valence-electron chi connectivity index (χ2n) is 8.92. The number of amidine groups is 1. The Hall–Kier alpha value is -3.96. The minimum Gasteiger partial charge on any atom is -0.338 e. The average Bonchev–Trinajstić information content (AvgIpc) is 3.29. The number of hydrogen-bond donors (Lipinski definition) is 3.